The van der Waals surface area contributed by atoms with Crippen LogP contribution in [-0.2, 0) is 11.2 Å². The molecule has 0 aliphatic carbocycles. The topological polar surface area (TPSA) is 55.0 Å². The van der Waals surface area contributed by atoms with Gasteiger partial charge < -0.3 is 9.72 Å². The van der Waals surface area contributed by atoms with Crippen molar-refractivity contribution < 1.29 is 13.9 Å². The SMILES string of the molecule is CCc1c(-c2cc(F)cc(C(=O)OC)c2)[nH]cnc1=S. The number of esters is 1. The minimum atomic E-state index is -0.587. The van der Waals surface area contributed by atoms with E-state index in [-0.39, 0.29) is 5.56 Å². The fourth-order valence-corrected chi connectivity index (χ4v) is 2.28. The summed E-state index contributed by atoms with van der Waals surface area (Å²) in [5.41, 5.74) is 2.16. The Hall–Kier alpha value is -2.08. The van der Waals surface area contributed by atoms with Crippen LogP contribution in [0.25, 0.3) is 11.3 Å². The van der Waals surface area contributed by atoms with Crippen LogP contribution in [0.5, 0.6) is 0 Å². The fraction of sp³-hybridized carbons (Fsp3) is 0.214. The molecular weight excluding hydrogens is 279 g/mol. The lowest BCUT2D eigenvalue weighted by molar-refractivity contribution is 0.0600. The highest BCUT2D eigenvalue weighted by atomic mass is 32.1. The van der Waals surface area contributed by atoms with Gasteiger partial charge in [-0.1, -0.05) is 19.1 Å². The molecular formula is C14H13FN2O2S. The molecule has 104 valence electrons. The van der Waals surface area contributed by atoms with Gasteiger partial charge in [0, 0.05) is 11.1 Å². The number of carbonyl (C=O) groups excluding carboxylic acids is 1. The van der Waals surface area contributed by atoms with Crippen LogP contribution >= 0.6 is 12.2 Å². The van der Waals surface area contributed by atoms with Crippen LogP contribution in [-0.4, -0.2) is 23.0 Å². The molecule has 2 rings (SSSR count). The summed E-state index contributed by atoms with van der Waals surface area (Å²) in [5, 5.41) is 0. The number of rotatable bonds is 3. The number of benzene rings is 1. The summed E-state index contributed by atoms with van der Waals surface area (Å²) in [7, 11) is 1.25. The van der Waals surface area contributed by atoms with Crippen molar-refractivity contribution in [2.45, 2.75) is 13.3 Å². The summed E-state index contributed by atoms with van der Waals surface area (Å²) < 4.78 is 18.8. The number of aromatic nitrogens is 2. The molecule has 0 atom stereocenters. The maximum absolute atomic E-state index is 13.7. The normalized spacial score (nSPS) is 10.3. The number of aromatic amines is 1. The van der Waals surface area contributed by atoms with E-state index in [2.05, 4.69) is 14.7 Å². The number of nitrogens with zero attached hydrogens (tertiary/aromatic N) is 1. The van der Waals surface area contributed by atoms with E-state index in [1.54, 1.807) is 6.07 Å². The highest BCUT2D eigenvalue weighted by Gasteiger charge is 2.13. The summed E-state index contributed by atoms with van der Waals surface area (Å²) in [6, 6.07) is 4.04. The largest absolute Gasteiger partial charge is 0.465 e. The van der Waals surface area contributed by atoms with Gasteiger partial charge in [-0.3, -0.25) is 0 Å². The zero-order valence-corrected chi connectivity index (χ0v) is 11.9. The lowest BCUT2D eigenvalue weighted by atomic mass is 10.0. The number of methoxy groups -OCH3 is 1. The monoisotopic (exact) mass is 292 g/mol. The highest BCUT2D eigenvalue weighted by Crippen LogP contribution is 2.24. The van der Waals surface area contributed by atoms with Crippen LogP contribution in [0, 0.1) is 10.5 Å². The smallest absolute Gasteiger partial charge is 0.337 e. The first kappa shape index (κ1) is 14.3. The molecule has 20 heavy (non-hydrogen) atoms. The molecule has 6 heteroatoms. The lowest BCUT2D eigenvalue weighted by Crippen LogP contribution is -2.03. The van der Waals surface area contributed by atoms with Gasteiger partial charge in [0.1, 0.15) is 10.5 Å². The average molecular weight is 292 g/mol. The van der Waals surface area contributed by atoms with Crippen LogP contribution < -0.4 is 0 Å². The Morgan fingerprint density at radius 3 is 2.85 bits per heavy atom. The second-order valence-electron chi connectivity index (χ2n) is 4.13. The molecule has 4 nitrogen and oxygen atoms in total. The molecule has 0 saturated heterocycles. The number of hydrogen-bond donors (Lipinski definition) is 1. The summed E-state index contributed by atoms with van der Waals surface area (Å²) in [6.07, 6.45) is 2.11. The van der Waals surface area contributed by atoms with Gasteiger partial charge >= 0.3 is 5.97 Å². The van der Waals surface area contributed by atoms with E-state index in [0.717, 1.165) is 11.6 Å². The lowest BCUT2D eigenvalue weighted by Gasteiger charge is -2.09. The van der Waals surface area contributed by atoms with Crippen LogP contribution in [0.1, 0.15) is 22.8 Å². The zero-order chi connectivity index (χ0) is 14.7. The standard InChI is InChI=1S/C14H13FN2O2S/c1-3-11-12(16-7-17-13(11)20)8-4-9(14(18)19-2)6-10(15)5-8/h4-7H,3H2,1-2H3,(H,16,17,20). The van der Waals surface area contributed by atoms with Crippen molar-refractivity contribution in [3.63, 3.8) is 0 Å². The Morgan fingerprint density at radius 2 is 2.20 bits per heavy atom. The molecule has 0 spiro atoms. The van der Waals surface area contributed by atoms with Crippen molar-refractivity contribution in [3.8, 4) is 11.3 Å². The van der Waals surface area contributed by atoms with E-state index in [9.17, 15) is 9.18 Å². The molecule has 0 aliphatic heterocycles. The van der Waals surface area contributed by atoms with Crippen molar-refractivity contribution in [3.05, 3.63) is 46.1 Å². The van der Waals surface area contributed by atoms with Gasteiger partial charge in [-0.15, -0.1) is 0 Å². The predicted octanol–water partition coefficient (Wildman–Crippen LogP) is 3.29. The van der Waals surface area contributed by atoms with Crippen LogP contribution in [0.3, 0.4) is 0 Å². The molecule has 0 radical (unpaired) electrons. The van der Waals surface area contributed by atoms with Crippen LogP contribution in [0.15, 0.2) is 24.5 Å². The number of hydrogen-bond acceptors (Lipinski definition) is 4. The Labute approximate surface area is 120 Å². The third kappa shape index (κ3) is 2.75. The minimum absolute atomic E-state index is 0.153. The van der Waals surface area contributed by atoms with Gasteiger partial charge in [0.25, 0.3) is 0 Å². The summed E-state index contributed by atoms with van der Waals surface area (Å²) in [6.45, 7) is 1.94. The van der Waals surface area contributed by atoms with Gasteiger partial charge in [-0.2, -0.15) is 0 Å². The third-order valence-corrected chi connectivity index (χ3v) is 3.26. The van der Waals surface area contributed by atoms with Crippen molar-refractivity contribution in [2.24, 2.45) is 0 Å². The molecule has 2 aromatic rings. The molecule has 0 fully saturated rings. The number of halogens is 1. The Kier molecular flexibility index (Phi) is 4.24. The number of carbonyl (C=O) groups is 1. The van der Waals surface area contributed by atoms with Crippen molar-refractivity contribution in [2.75, 3.05) is 7.11 Å². The van der Waals surface area contributed by atoms with Crippen LogP contribution in [0.4, 0.5) is 4.39 Å². The maximum atomic E-state index is 13.7. The van der Waals surface area contributed by atoms with Crippen molar-refractivity contribution in [1.82, 2.24) is 9.97 Å². The second kappa shape index (κ2) is 5.92. The number of ether oxygens (including phenoxy) is 1. The molecule has 0 unspecified atom stereocenters. The van der Waals surface area contributed by atoms with E-state index >= 15 is 0 Å². The zero-order valence-electron chi connectivity index (χ0n) is 11.1. The van der Waals surface area contributed by atoms with Gasteiger partial charge in [0.15, 0.2) is 0 Å². The maximum Gasteiger partial charge on any atom is 0.337 e. The summed E-state index contributed by atoms with van der Waals surface area (Å²) >= 11 is 5.16. The van der Waals surface area contributed by atoms with E-state index < -0.39 is 11.8 Å². The second-order valence-corrected chi connectivity index (χ2v) is 4.52. The highest BCUT2D eigenvalue weighted by molar-refractivity contribution is 7.71. The third-order valence-electron chi connectivity index (χ3n) is 2.91. The quantitative estimate of drug-likeness (QED) is 0.696. The van der Waals surface area contributed by atoms with Gasteiger partial charge in [-0.25, -0.2) is 14.2 Å². The first-order valence-electron chi connectivity index (χ1n) is 6.02. The predicted molar refractivity (Wildman–Crippen MR) is 75.5 cm³/mol. The van der Waals surface area contributed by atoms with Crippen molar-refractivity contribution >= 4 is 18.2 Å². The van der Waals surface area contributed by atoms with Gasteiger partial charge in [0.2, 0.25) is 0 Å². The Bertz CT molecular complexity index is 713. The molecule has 0 saturated carbocycles. The van der Waals surface area contributed by atoms with E-state index in [4.69, 9.17) is 12.2 Å². The number of H-pyrrole nitrogens is 1. The van der Waals surface area contributed by atoms with Gasteiger partial charge in [0.05, 0.1) is 24.7 Å². The van der Waals surface area contributed by atoms with E-state index in [1.807, 2.05) is 6.92 Å². The van der Waals surface area contributed by atoms with Crippen LogP contribution in [0.2, 0.25) is 0 Å². The van der Waals surface area contributed by atoms with Gasteiger partial charge in [-0.05, 0) is 24.6 Å². The molecule has 0 amide bonds. The molecule has 1 aromatic carbocycles. The van der Waals surface area contributed by atoms with Crippen molar-refractivity contribution in [1.29, 1.82) is 0 Å². The Balaban J connectivity index is 2.64. The Morgan fingerprint density at radius 1 is 1.45 bits per heavy atom. The molecule has 1 aromatic heterocycles. The minimum Gasteiger partial charge on any atom is -0.465 e. The molecule has 0 aliphatic rings. The first-order valence-corrected chi connectivity index (χ1v) is 6.43. The summed E-state index contributed by atoms with van der Waals surface area (Å²) in [5.74, 6) is -1.10. The average Bonchev–Trinajstić information content (AvgIpc) is 2.45. The fourth-order valence-electron chi connectivity index (χ4n) is 1.98. The molecule has 1 heterocycles. The molecule has 1 N–H and O–H groups in total. The van der Waals surface area contributed by atoms with E-state index in [1.165, 1.54) is 19.5 Å². The van der Waals surface area contributed by atoms with E-state index in [0.29, 0.717) is 22.3 Å². The molecule has 0 bridgehead atoms. The summed E-state index contributed by atoms with van der Waals surface area (Å²) in [4.78, 5) is 18.5. The first-order chi connectivity index (χ1) is 9.56. The number of nitrogens with one attached hydrogen (secondary N) is 1.